The Kier molecular flexibility index (Phi) is 6.20. The van der Waals surface area contributed by atoms with E-state index in [0.29, 0.717) is 35.3 Å². The van der Waals surface area contributed by atoms with Crippen LogP contribution in [0.1, 0.15) is 23.3 Å². The van der Waals surface area contributed by atoms with Gasteiger partial charge in [-0.05, 0) is 37.1 Å². The average molecular weight is 405 g/mol. The number of nitrogens with one attached hydrogen (secondary N) is 1. The van der Waals surface area contributed by atoms with Crippen molar-refractivity contribution in [1.29, 1.82) is 0 Å². The number of carbonyl (C=O) groups is 2. The predicted molar refractivity (Wildman–Crippen MR) is 105 cm³/mol. The number of likely N-dealkylation sites (tertiary alicyclic amines) is 1. The van der Waals surface area contributed by atoms with E-state index in [2.05, 4.69) is 10.3 Å². The first-order valence-corrected chi connectivity index (χ1v) is 9.16. The van der Waals surface area contributed by atoms with Gasteiger partial charge in [0.15, 0.2) is 0 Å². The van der Waals surface area contributed by atoms with Gasteiger partial charge in [0.1, 0.15) is 23.3 Å². The van der Waals surface area contributed by atoms with E-state index in [1.165, 1.54) is 19.4 Å². The molecule has 8 nitrogen and oxygen atoms in total. The van der Waals surface area contributed by atoms with Crippen molar-refractivity contribution in [2.45, 2.75) is 18.9 Å². The highest BCUT2D eigenvalue weighted by molar-refractivity contribution is 6.31. The Morgan fingerprint density at radius 3 is 2.89 bits per heavy atom. The lowest BCUT2D eigenvalue weighted by Gasteiger charge is -2.33. The highest BCUT2D eigenvalue weighted by atomic mass is 35.5. The fourth-order valence-corrected chi connectivity index (χ4v) is 3.17. The number of halogens is 1. The Balaban J connectivity index is 1.64. The van der Waals surface area contributed by atoms with Crippen molar-refractivity contribution in [3.8, 4) is 11.5 Å². The minimum absolute atomic E-state index is 0.135. The van der Waals surface area contributed by atoms with Gasteiger partial charge in [0.05, 0.1) is 19.3 Å². The van der Waals surface area contributed by atoms with Gasteiger partial charge in [-0.25, -0.2) is 4.79 Å². The molecule has 1 unspecified atom stereocenters. The van der Waals surface area contributed by atoms with Gasteiger partial charge in [0, 0.05) is 23.8 Å². The number of methoxy groups -OCH3 is 1. The topological polar surface area (TPSA) is 107 Å². The second kappa shape index (κ2) is 8.79. The number of aromatic nitrogens is 1. The maximum atomic E-state index is 12.7. The fraction of sp³-hybridized carbons (Fsp3) is 0.316. The number of nitrogens with zero attached hydrogens (tertiary/aromatic N) is 2. The summed E-state index contributed by atoms with van der Waals surface area (Å²) in [6, 6.07) is 7.91. The van der Waals surface area contributed by atoms with Crippen molar-refractivity contribution >= 4 is 29.2 Å². The molecule has 1 aromatic heterocycles. The number of piperidine rings is 1. The quantitative estimate of drug-likeness (QED) is 0.796. The van der Waals surface area contributed by atoms with E-state index in [9.17, 15) is 9.59 Å². The van der Waals surface area contributed by atoms with E-state index in [-0.39, 0.29) is 17.8 Å². The molecule has 9 heteroatoms. The van der Waals surface area contributed by atoms with Gasteiger partial charge in [0.25, 0.3) is 5.91 Å². The molecule has 0 bridgehead atoms. The van der Waals surface area contributed by atoms with Crippen LogP contribution in [0.3, 0.4) is 0 Å². The zero-order chi connectivity index (χ0) is 20.1. The summed E-state index contributed by atoms with van der Waals surface area (Å²) in [6.45, 7) is 1.01. The Morgan fingerprint density at radius 2 is 2.14 bits per heavy atom. The Labute approximate surface area is 167 Å². The highest BCUT2D eigenvalue weighted by Crippen LogP contribution is 2.28. The van der Waals surface area contributed by atoms with Crippen molar-refractivity contribution in [2.24, 2.45) is 5.73 Å². The van der Waals surface area contributed by atoms with Crippen molar-refractivity contribution in [3.05, 3.63) is 47.2 Å². The Bertz CT molecular complexity index is 877. The number of rotatable bonds is 5. The van der Waals surface area contributed by atoms with Crippen molar-refractivity contribution in [1.82, 2.24) is 9.88 Å². The molecule has 0 aliphatic carbocycles. The number of primary amides is 1. The third-order valence-corrected chi connectivity index (χ3v) is 4.59. The molecule has 1 aromatic carbocycles. The minimum Gasteiger partial charge on any atom is -0.495 e. The summed E-state index contributed by atoms with van der Waals surface area (Å²) in [5, 5.41) is 3.33. The first-order valence-electron chi connectivity index (χ1n) is 8.78. The summed E-state index contributed by atoms with van der Waals surface area (Å²) in [6.07, 6.45) is 2.84. The summed E-state index contributed by atoms with van der Waals surface area (Å²) < 4.78 is 11.2. The molecule has 3 amide bonds. The number of hydrogen-bond acceptors (Lipinski definition) is 5. The Morgan fingerprint density at radius 1 is 1.32 bits per heavy atom. The summed E-state index contributed by atoms with van der Waals surface area (Å²) in [5.74, 6) is 0.400. The molecule has 0 saturated carbocycles. The molecule has 2 heterocycles. The molecular weight excluding hydrogens is 384 g/mol. The molecule has 1 atom stereocenters. The van der Waals surface area contributed by atoms with Crippen LogP contribution in [-0.4, -0.2) is 48.1 Å². The summed E-state index contributed by atoms with van der Waals surface area (Å²) in [5.41, 5.74) is 5.89. The zero-order valence-corrected chi connectivity index (χ0v) is 16.1. The number of ether oxygens (including phenoxy) is 2. The lowest BCUT2D eigenvalue weighted by Crippen LogP contribution is -2.46. The van der Waals surface area contributed by atoms with Crippen LogP contribution in [0.25, 0.3) is 0 Å². The van der Waals surface area contributed by atoms with Crippen LogP contribution in [0.2, 0.25) is 5.02 Å². The van der Waals surface area contributed by atoms with E-state index in [1.54, 1.807) is 29.2 Å². The van der Waals surface area contributed by atoms with Crippen molar-refractivity contribution in [2.75, 3.05) is 25.5 Å². The zero-order valence-electron chi connectivity index (χ0n) is 15.4. The van der Waals surface area contributed by atoms with Gasteiger partial charge in [-0.3, -0.25) is 9.78 Å². The van der Waals surface area contributed by atoms with Gasteiger partial charge in [-0.15, -0.1) is 0 Å². The smallest absolute Gasteiger partial charge is 0.322 e. The largest absolute Gasteiger partial charge is 0.495 e. The third-order valence-electron chi connectivity index (χ3n) is 4.36. The predicted octanol–water partition coefficient (Wildman–Crippen LogP) is 2.92. The molecule has 1 aliphatic heterocycles. The molecule has 0 radical (unpaired) electrons. The summed E-state index contributed by atoms with van der Waals surface area (Å²) in [7, 11) is 1.53. The molecule has 1 aliphatic rings. The lowest BCUT2D eigenvalue weighted by molar-refractivity contribution is 0.0989. The van der Waals surface area contributed by atoms with Gasteiger partial charge in [0.2, 0.25) is 0 Å². The average Bonchev–Trinajstić information content (AvgIpc) is 2.68. The summed E-state index contributed by atoms with van der Waals surface area (Å²) >= 11 is 6.01. The molecule has 2 aromatic rings. The molecule has 3 N–H and O–H groups in total. The first kappa shape index (κ1) is 19.8. The number of anilines is 1. The summed E-state index contributed by atoms with van der Waals surface area (Å²) in [4.78, 5) is 29.5. The number of amides is 3. The minimum atomic E-state index is -0.620. The molecule has 148 valence electrons. The molecule has 1 fully saturated rings. The normalized spacial score (nSPS) is 16.4. The molecule has 0 spiro atoms. The number of hydrogen-bond donors (Lipinski definition) is 2. The van der Waals surface area contributed by atoms with Crippen LogP contribution in [-0.2, 0) is 0 Å². The van der Waals surface area contributed by atoms with Gasteiger partial charge in [-0.2, -0.15) is 0 Å². The molecular formula is C19H21ClN4O4. The van der Waals surface area contributed by atoms with Gasteiger partial charge in [-0.1, -0.05) is 11.6 Å². The van der Waals surface area contributed by atoms with E-state index in [0.717, 1.165) is 12.8 Å². The fourth-order valence-electron chi connectivity index (χ4n) is 3.00. The van der Waals surface area contributed by atoms with Crippen LogP contribution >= 0.6 is 11.6 Å². The SMILES string of the molecule is COc1ccc(Cl)cc1NC(=O)N1CCCC(Oc2ccnc(C(N)=O)c2)C1. The van der Waals surface area contributed by atoms with Gasteiger partial charge >= 0.3 is 6.03 Å². The standard InChI is InChI=1S/C19H21ClN4O4/c1-27-17-5-4-12(20)9-15(17)23-19(26)24-8-2-3-14(11-24)28-13-6-7-22-16(10-13)18(21)25/h4-7,9-10,14H,2-3,8,11H2,1H3,(H2,21,25)(H,23,26). The maximum absolute atomic E-state index is 12.7. The number of urea groups is 1. The van der Waals surface area contributed by atoms with Gasteiger partial charge < -0.3 is 25.4 Å². The highest BCUT2D eigenvalue weighted by Gasteiger charge is 2.26. The monoisotopic (exact) mass is 404 g/mol. The number of pyridine rings is 1. The third kappa shape index (κ3) is 4.83. The lowest BCUT2D eigenvalue weighted by atomic mass is 10.1. The molecule has 1 saturated heterocycles. The van der Waals surface area contributed by atoms with Crippen LogP contribution in [0.5, 0.6) is 11.5 Å². The number of nitrogens with two attached hydrogens (primary N) is 1. The number of carbonyl (C=O) groups excluding carboxylic acids is 2. The van der Waals surface area contributed by atoms with Crippen LogP contribution in [0, 0.1) is 0 Å². The van der Waals surface area contributed by atoms with Crippen LogP contribution in [0.15, 0.2) is 36.5 Å². The Hall–Kier alpha value is -3.00. The van der Waals surface area contributed by atoms with Crippen LogP contribution < -0.4 is 20.5 Å². The maximum Gasteiger partial charge on any atom is 0.322 e. The number of benzene rings is 1. The van der Waals surface area contributed by atoms with E-state index in [1.807, 2.05) is 0 Å². The van der Waals surface area contributed by atoms with Crippen molar-refractivity contribution < 1.29 is 19.1 Å². The molecule has 3 rings (SSSR count). The van der Waals surface area contributed by atoms with E-state index >= 15 is 0 Å². The first-order chi connectivity index (χ1) is 13.5. The van der Waals surface area contributed by atoms with E-state index in [4.69, 9.17) is 26.8 Å². The second-order valence-corrected chi connectivity index (χ2v) is 6.78. The van der Waals surface area contributed by atoms with Crippen LogP contribution in [0.4, 0.5) is 10.5 Å². The molecule has 28 heavy (non-hydrogen) atoms. The second-order valence-electron chi connectivity index (χ2n) is 6.34. The van der Waals surface area contributed by atoms with E-state index < -0.39 is 5.91 Å². The van der Waals surface area contributed by atoms with Crippen molar-refractivity contribution in [3.63, 3.8) is 0 Å².